The van der Waals surface area contributed by atoms with Crippen LogP contribution in [0.15, 0.2) is 63.8 Å². The Morgan fingerprint density at radius 2 is 1.85 bits per heavy atom. The molecule has 0 radical (unpaired) electrons. The van der Waals surface area contributed by atoms with Crippen LogP contribution in [0.1, 0.15) is 24.1 Å². The number of hydrogen-bond donors (Lipinski definition) is 2. The minimum atomic E-state index is -3.67. The van der Waals surface area contributed by atoms with Crippen molar-refractivity contribution in [3.05, 3.63) is 65.5 Å². The van der Waals surface area contributed by atoms with Crippen LogP contribution in [-0.2, 0) is 16.6 Å². The average molecular weight is 391 g/mol. The van der Waals surface area contributed by atoms with Gasteiger partial charge in [0.15, 0.2) is 0 Å². The first-order valence-corrected chi connectivity index (χ1v) is 9.86. The lowest BCUT2D eigenvalue weighted by molar-refractivity contribution is -0.548. The van der Waals surface area contributed by atoms with Crippen molar-refractivity contribution in [2.45, 2.75) is 30.5 Å². The van der Waals surface area contributed by atoms with Gasteiger partial charge in [0.2, 0.25) is 16.1 Å². The van der Waals surface area contributed by atoms with Gasteiger partial charge in [-0.1, -0.05) is 24.3 Å². The Hall–Kier alpha value is -2.49. The molecular formula is C18H20FN4O3S+. The second kappa shape index (κ2) is 8.03. The predicted molar refractivity (Wildman–Crippen MR) is 97.3 cm³/mol. The molecule has 0 saturated heterocycles. The molecule has 0 amide bonds. The maximum Gasteiger partial charge on any atom is 0.247 e. The van der Waals surface area contributed by atoms with Crippen molar-refractivity contribution < 1.29 is 22.6 Å². The van der Waals surface area contributed by atoms with Gasteiger partial charge in [0, 0.05) is 17.2 Å². The van der Waals surface area contributed by atoms with Crippen molar-refractivity contribution in [2.24, 2.45) is 10.3 Å². The Balaban J connectivity index is 1.68. The monoisotopic (exact) mass is 391 g/mol. The highest BCUT2D eigenvalue weighted by Gasteiger charge is 2.24. The highest BCUT2D eigenvalue weighted by Crippen LogP contribution is 2.22. The molecule has 1 heterocycles. The zero-order valence-electron chi connectivity index (χ0n) is 14.7. The predicted octanol–water partition coefficient (Wildman–Crippen LogP) is 2.19. The molecule has 2 aromatic rings. The quantitative estimate of drug-likeness (QED) is 0.709. The van der Waals surface area contributed by atoms with Crippen LogP contribution in [0.2, 0.25) is 0 Å². The number of sulfonamides is 1. The van der Waals surface area contributed by atoms with Crippen LogP contribution >= 0.6 is 0 Å². The number of aliphatic hydroxyl groups excluding tert-OH is 1. The van der Waals surface area contributed by atoms with Gasteiger partial charge in [0.25, 0.3) is 0 Å². The number of aliphatic hydroxyl groups is 1. The van der Waals surface area contributed by atoms with E-state index in [0.717, 1.165) is 11.1 Å². The molecule has 0 spiro atoms. The molecular weight excluding hydrogens is 371 g/mol. The number of nitrogens with zero attached hydrogens (tertiary/aromatic N) is 3. The summed E-state index contributed by atoms with van der Waals surface area (Å²) in [6.45, 7) is 1.92. The SMILES string of the molecule is C[C@@H](O)CNS(=O)(=O)c1ccc(C2C=[N+](Cc3ccc(F)cc3)N=N2)cc1. The first-order chi connectivity index (χ1) is 12.8. The fourth-order valence-corrected chi connectivity index (χ4v) is 3.64. The molecule has 2 N–H and O–H groups in total. The number of benzene rings is 2. The highest BCUT2D eigenvalue weighted by molar-refractivity contribution is 7.89. The summed E-state index contributed by atoms with van der Waals surface area (Å²) < 4.78 is 41.2. The fraction of sp³-hybridized carbons (Fsp3) is 0.278. The highest BCUT2D eigenvalue weighted by atomic mass is 32.2. The Labute approximate surface area is 156 Å². The molecule has 142 valence electrons. The summed E-state index contributed by atoms with van der Waals surface area (Å²) in [6.07, 6.45) is 1.05. The lowest BCUT2D eigenvalue weighted by Gasteiger charge is -2.08. The molecule has 0 saturated carbocycles. The first-order valence-electron chi connectivity index (χ1n) is 8.38. The maximum absolute atomic E-state index is 13.0. The summed E-state index contributed by atoms with van der Waals surface area (Å²) in [7, 11) is -3.67. The Morgan fingerprint density at radius 1 is 1.19 bits per heavy atom. The molecule has 0 aliphatic carbocycles. The van der Waals surface area contributed by atoms with E-state index in [-0.39, 0.29) is 23.3 Å². The van der Waals surface area contributed by atoms with Gasteiger partial charge < -0.3 is 5.11 Å². The molecule has 1 aliphatic rings. The third-order valence-corrected chi connectivity index (χ3v) is 5.40. The van der Waals surface area contributed by atoms with Crippen LogP contribution in [0.3, 0.4) is 0 Å². The van der Waals surface area contributed by atoms with Crippen molar-refractivity contribution in [1.82, 2.24) is 4.72 Å². The first kappa shape index (κ1) is 19.3. The lowest BCUT2D eigenvalue weighted by atomic mass is 10.1. The third-order valence-electron chi connectivity index (χ3n) is 3.96. The summed E-state index contributed by atoms with van der Waals surface area (Å²) >= 11 is 0. The molecule has 2 atom stereocenters. The summed E-state index contributed by atoms with van der Waals surface area (Å²) in [5.41, 5.74) is 1.70. The lowest BCUT2D eigenvalue weighted by Crippen LogP contribution is -2.30. The second-order valence-corrected chi connectivity index (χ2v) is 8.06. The van der Waals surface area contributed by atoms with Crippen molar-refractivity contribution in [1.29, 1.82) is 0 Å². The normalized spacial score (nSPS) is 17.7. The van der Waals surface area contributed by atoms with Crippen LogP contribution in [0.25, 0.3) is 0 Å². The zero-order chi connectivity index (χ0) is 19.4. The number of hydrogen-bond acceptors (Lipinski definition) is 5. The van der Waals surface area contributed by atoms with E-state index in [1.165, 1.54) is 31.2 Å². The molecule has 1 unspecified atom stereocenters. The Morgan fingerprint density at radius 3 is 2.48 bits per heavy atom. The summed E-state index contributed by atoms with van der Waals surface area (Å²) in [5, 5.41) is 17.5. The minimum absolute atomic E-state index is 0.0486. The van der Waals surface area contributed by atoms with E-state index in [1.54, 1.807) is 28.9 Å². The average Bonchev–Trinajstić information content (AvgIpc) is 3.11. The maximum atomic E-state index is 13.0. The van der Waals surface area contributed by atoms with Crippen molar-refractivity contribution in [2.75, 3.05) is 6.54 Å². The van der Waals surface area contributed by atoms with E-state index >= 15 is 0 Å². The van der Waals surface area contributed by atoms with Gasteiger partial charge in [-0.15, -0.1) is 4.68 Å². The van der Waals surface area contributed by atoms with E-state index in [0.29, 0.717) is 6.54 Å². The summed E-state index contributed by atoms with van der Waals surface area (Å²) in [5.74, 6) is -0.290. The number of halogens is 1. The molecule has 0 aromatic heterocycles. The van der Waals surface area contributed by atoms with Gasteiger partial charge in [-0.3, -0.25) is 0 Å². The fourth-order valence-electron chi connectivity index (χ4n) is 2.52. The van der Waals surface area contributed by atoms with Gasteiger partial charge in [-0.05, 0) is 36.8 Å². The van der Waals surface area contributed by atoms with Gasteiger partial charge in [-0.25, -0.2) is 17.5 Å². The van der Waals surface area contributed by atoms with E-state index in [1.807, 2.05) is 6.21 Å². The van der Waals surface area contributed by atoms with Crippen LogP contribution < -0.4 is 4.72 Å². The minimum Gasteiger partial charge on any atom is -0.392 e. The smallest absolute Gasteiger partial charge is 0.247 e. The van der Waals surface area contributed by atoms with Crippen LogP contribution in [0.5, 0.6) is 0 Å². The van der Waals surface area contributed by atoms with Gasteiger partial charge in [0.05, 0.1) is 11.0 Å². The molecule has 2 aromatic carbocycles. The zero-order valence-corrected chi connectivity index (χ0v) is 15.5. The van der Waals surface area contributed by atoms with E-state index in [9.17, 15) is 17.9 Å². The van der Waals surface area contributed by atoms with Gasteiger partial charge in [0.1, 0.15) is 23.8 Å². The standard InChI is InChI=1S/C18H20FN4O3S/c1-13(24)10-20-27(25,26)17-8-4-15(5-9-17)18-12-23(22-21-18)11-14-2-6-16(19)7-3-14/h2-9,12-13,18,20,24H,10-11H2,1H3/q+1/t13-,18?/m1/s1. The molecule has 7 nitrogen and oxygen atoms in total. The van der Waals surface area contributed by atoms with E-state index < -0.39 is 16.1 Å². The molecule has 0 bridgehead atoms. The topological polar surface area (TPSA) is 94.1 Å². The van der Waals surface area contributed by atoms with Gasteiger partial charge in [-0.2, -0.15) is 0 Å². The van der Waals surface area contributed by atoms with E-state index in [4.69, 9.17) is 0 Å². The molecule has 0 fully saturated rings. The second-order valence-electron chi connectivity index (χ2n) is 6.29. The van der Waals surface area contributed by atoms with E-state index in [2.05, 4.69) is 15.1 Å². The summed E-state index contributed by atoms with van der Waals surface area (Å²) in [4.78, 5) is 0.116. The Bertz CT molecular complexity index is 955. The number of rotatable bonds is 7. The van der Waals surface area contributed by atoms with Crippen LogP contribution in [0.4, 0.5) is 4.39 Å². The Kier molecular flexibility index (Phi) is 5.73. The van der Waals surface area contributed by atoms with Crippen molar-refractivity contribution >= 4 is 16.2 Å². The molecule has 3 rings (SSSR count). The molecule has 9 heteroatoms. The van der Waals surface area contributed by atoms with Crippen molar-refractivity contribution in [3.8, 4) is 0 Å². The third kappa shape index (κ3) is 5.03. The van der Waals surface area contributed by atoms with Gasteiger partial charge >= 0.3 is 0 Å². The number of nitrogens with one attached hydrogen (secondary N) is 1. The van der Waals surface area contributed by atoms with Crippen molar-refractivity contribution in [3.63, 3.8) is 0 Å². The largest absolute Gasteiger partial charge is 0.392 e. The summed E-state index contributed by atoms with van der Waals surface area (Å²) in [6, 6.07) is 12.2. The van der Waals surface area contributed by atoms with Crippen LogP contribution in [-0.4, -0.2) is 37.1 Å². The van der Waals surface area contributed by atoms with Crippen LogP contribution in [0, 0.1) is 5.82 Å². The molecule has 27 heavy (non-hydrogen) atoms. The molecule has 1 aliphatic heterocycles.